The first kappa shape index (κ1) is 24.7. The van der Waals surface area contributed by atoms with Gasteiger partial charge in [0.1, 0.15) is 0 Å². The summed E-state index contributed by atoms with van der Waals surface area (Å²) in [5.41, 5.74) is 0.567. The first-order chi connectivity index (χ1) is 13.1. The molecule has 0 spiro atoms. The quantitative estimate of drug-likeness (QED) is 0.193. The standard InChI is InChI=1S/C19H29F2N3O3.HI/c1-3-26-16-7-4-6-15(17(16)27-18(20)21)12-24-19(22-2)23-10-5-11-25-13-14-8-9-14;/h4,6-7,14,18H,3,5,8-13H2,1-2H3,(H2,22,23,24);1H. The molecule has 0 atom stereocenters. The Bertz CT molecular complexity index is 602. The van der Waals surface area contributed by atoms with Gasteiger partial charge in [-0.1, -0.05) is 12.1 Å². The molecule has 0 bridgehead atoms. The van der Waals surface area contributed by atoms with Gasteiger partial charge in [0.2, 0.25) is 0 Å². The van der Waals surface area contributed by atoms with Gasteiger partial charge < -0.3 is 24.8 Å². The van der Waals surface area contributed by atoms with Gasteiger partial charge in [-0.2, -0.15) is 8.78 Å². The Hall–Kier alpha value is -1.36. The third-order valence-corrected chi connectivity index (χ3v) is 4.05. The van der Waals surface area contributed by atoms with Gasteiger partial charge in [0.25, 0.3) is 0 Å². The molecule has 1 fully saturated rings. The Morgan fingerprint density at radius 3 is 2.71 bits per heavy atom. The van der Waals surface area contributed by atoms with Gasteiger partial charge in [-0.15, -0.1) is 24.0 Å². The Morgan fingerprint density at radius 1 is 1.29 bits per heavy atom. The number of nitrogens with zero attached hydrogens (tertiary/aromatic N) is 1. The second-order valence-electron chi connectivity index (χ2n) is 6.28. The predicted octanol–water partition coefficient (Wildman–Crippen LogP) is 3.79. The van der Waals surface area contributed by atoms with Crippen LogP contribution < -0.4 is 20.1 Å². The van der Waals surface area contributed by atoms with Gasteiger partial charge in [-0.05, 0) is 38.2 Å². The molecule has 2 rings (SSSR count). The van der Waals surface area contributed by atoms with E-state index in [0.29, 0.717) is 37.0 Å². The second kappa shape index (κ2) is 13.8. The number of hydrogen-bond donors (Lipinski definition) is 2. The van der Waals surface area contributed by atoms with Crippen LogP contribution in [0.4, 0.5) is 8.78 Å². The maximum absolute atomic E-state index is 12.8. The van der Waals surface area contributed by atoms with E-state index >= 15 is 0 Å². The first-order valence-electron chi connectivity index (χ1n) is 9.35. The SMILES string of the molecule is CCOc1cccc(CNC(=NC)NCCCOCC2CC2)c1OC(F)F.I. The number of hydrogen-bond acceptors (Lipinski definition) is 4. The summed E-state index contributed by atoms with van der Waals surface area (Å²) in [6.07, 6.45) is 3.44. The zero-order chi connectivity index (χ0) is 19.5. The number of ether oxygens (including phenoxy) is 3. The molecule has 160 valence electrons. The fraction of sp³-hybridized carbons (Fsp3) is 0.632. The lowest BCUT2D eigenvalue weighted by atomic mass is 10.2. The Morgan fingerprint density at radius 2 is 2.07 bits per heavy atom. The molecule has 0 radical (unpaired) electrons. The number of aliphatic imine (C=N–C) groups is 1. The molecule has 1 aliphatic rings. The van der Waals surface area contributed by atoms with E-state index in [2.05, 4.69) is 20.4 Å². The van der Waals surface area contributed by atoms with E-state index < -0.39 is 6.61 Å². The van der Waals surface area contributed by atoms with Gasteiger partial charge in [0, 0.05) is 38.9 Å². The highest BCUT2D eigenvalue weighted by atomic mass is 127. The topological polar surface area (TPSA) is 64.1 Å². The van der Waals surface area contributed by atoms with Crippen molar-refractivity contribution in [3.63, 3.8) is 0 Å². The molecular formula is C19H30F2IN3O3. The van der Waals surface area contributed by atoms with Crippen LogP contribution in [-0.2, 0) is 11.3 Å². The minimum absolute atomic E-state index is 0. The second-order valence-corrected chi connectivity index (χ2v) is 6.28. The van der Waals surface area contributed by atoms with Crippen molar-refractivity contribution in [1.29, 1.82) is 0 Å². The third-order valence-electron chi connectivity index (χ3n) is 4.05. The summed E-state index contributed by atoms with van der Waals surface area (Å²) in [7, 11) is 1.66. The van der Waals surface area contributed by atoms with Crippen molar-refractivity contribution in [3.8, 4) is 11.5 Å². The molecule has 1 aromatic carbocycles. The van der Waals surface area contributed by atoms with Crippen LogP contribution in [0.3, 0.4) is 0 Å². The minimum Gasteiger partial charge on any atom is -0.490 e. The molecular weight excluding hydrogens is 483 g/mol. The van der Waals surface area contributed by atoms with Crippen LogP contribution in [0.1, 0.15) is 31.7 Å². The average molecular weight is 513 g/mol. The van der Waals surface area contributed by atoms with Gasteiger partial charge in [0.05, 0.1) is 6.61 Å². The van der Waals surface area contributed by atoms with Gasteiger partial charge in [-0.3, -0.25) is 4.99 Å². The van der Waals surface area contributed by atoms with Crippen molar-refractivity contribution in [2.75, 3.05) is 33.4 Å². The minimum atomic E-state index is -2.92. The van der Waals surface area contributed by atoms with Crippen LogP contribution in [0.15, 0.2) is 23.2 Å². The normalized spacial score (nSPS) is 13.8. The highest BCUT2D eigenvalue weighted by Crippen LogP contribution is 2.32. The summed E-state index contributed by atoms with van der Waals surface area (Å²) >= 11 is 0. The highest BCUT2D eigenvalue weighted by molar-refractivity contribution is 14.0. The number of benzene rings is 1. The molecule has 1 saturated carbocycles. The smallest absolute Gasteiger partial charge is 0.387 e. The number of para-hydroxylation sites is 1. The monoisotopic (exact) mass is 513 g/mol. The van der Waals surface area contributed by atoms with Crippen molar-refractivity contribution in [1.82, 2.24) is 10.6 Å². The van der Waals surface area contributed by atoms with E-state index in [9.17, 15) is 8.78 Å². The number of alkyl halides is 2. The number of rotatable bonds is 12. The summed E-state index contributed by atoms with van der Waals surface area (Å²) in [6.45, 7) is 1.79. The Kier molecular flexibility index (Phi) is 12.1. The van der Waals surface area contributed by atoms with E-state index in [0.717, 1.165) is 18.9 Å². The first-order valence-corrected chi connectivity index (χ1v) is 9.35. The van der Waals surface area contributed by atoms with Crippen molar-refractivity contribution >= 4 is 29.9 Å². The van der Waals surface area contributed by atoms with E-state index in [1.165, 1.54) is 12.8 Å². The maximum Gasteiger partial charge on any atom is 0.387 e. The summed E-state index contributed by atoms with van der Waals surface area (Å²) < 4.78 is 41.2. The molecule has 6 nitrogen and oxygen atoms in total. The fourth-order valence-corrected chi connectivity index (χ4v) is 2.51. The largest absolute Gasteiger partial charge is 0.490 e. The van der Waals surface area contributed by atoms with Crippen molar-refractivity contribution in [2.24, 2.45) is 10.9 Å². The molecule has 0 amide bonds. The summed E-state index contributed by atoms with van der Waals surface area (Å²) in [6, 6.07) is 5.07. The van der Waals surface area contributed by atoms with E-state index in [1.807, 2.05) is 0 Å². The molecule has 2 N–H and O–H groups in total. The lowest BCUT2D eigenvalue weighted by Gasteiger charge is -2.17. The molecule has 1 aromatic rings. The third kappa shape index (κ3) is 9.22. The Labute approximate surface area is 182 Å². The summed E-state index contributed by atoms with van der Waals surface area (Å²) in [4.78, 5) is 4.14. The lowest BCUT2D eigenvalue weighted by molar-refractivity contribution is -0.0520. The van der Waals surface area contributed by atoms with Gasteiger partial charge in [-0.25, -0.2) is 0 Å². The number of halogens is 3. The molecule has 0 aromatic heterocycles. The van der Waals surface area contributed by atoms with E-state index in [-0.39, 0.29) is 36.3 Å². The predicted molar refractivity (Wildman–Crippen MR) is 116 cm³/mol. The Balaban J connectivity index is 0.00000392. The van der Waals surface area contributed by atoms with Crippen LogP contribution >= 0.6 is 24.0 Å². The van der Waals surface area contributed by atoms with Gasteiger partial charge in [0.15, 0.2) is 17.5 Å². The fourth-order valence-electron chi connectivity index (χ4n) is 2.51. The van der Waals surface area contributed by atoms with Crippen LogP contribution in [0.2, 0.25) is 0 Å². The van der Waals surface area contributed by atoms with Crippen molar-refractivity contribution in [3.05, 3.63) is 23.8 Å². The van der Waals surface area contributed by atoms with E-state index in [1.54, 1.807) is 32.2 Å². The van der Waals surface area contributed by atoms with Crippen LogP contribution in [-0.4, -0.2) is 46.0 Å². The molecule has 9 heteroatoms. The molecule has 0 aliphatic heterocycles. The zero-order valence-corrected chi connectivity index (χ0v) is 18.7. The zero-order valence-electron chi connectivity index (χ0n) is 16.4. The molecule has 0 unspecified atom stereocenters. The van der Waals surface area contributed by atoms with E-state index in [4.69, 9.17) is 9.47 Å². The maximum atomic E-state index is 12.8. The number of guanidine groups is 1. The average Bonchev–Trinajstić information content (AvgIpc) is 3.47. The van der Waals surface area contributed by atoms with Crippen LogP contribution in [0.5, 0.6) is 11.5 Å². The molecule has 0 heterocycles. The lowest BCUT2D eigenvalue weighted by Crippen LogP contribution is -2.37. The molecule has 28 heavy (non-hydrogen) atoms. The van der Waals surface area contributed by atoms with Crippen molar-refractivity contribution in [2.45, 2.75) is 39.3 Å². The van der Waals surface area contributed by atoms with Crippen LogP contribution in [0, 0.1) is 5.92 Å². The summed E-state index contributed by atoms with van der Waals surface area (Å²) in [5, 5.41) is 6.29. The van der Waals surface area contributed by atoms with Crippen LogP contribution in [0.25, 0.3) is 0 Å². The van der Waals surface area contributed by atoms with Gasteiger partial charge >= 0.3 is 6.61 Å². The molecule has 1 aliphatic carbocycles. The highest BCUT2D eigenvalue weighted by Gasteiger charge is 2.20. The number of nitrogens with one attached hydrogen (secondary N) is 2. The summed E-state index contributed by atoms with van der Waals surface area (Å²) in [5.74, 6) is 1.70. The molecule has 0 saturated heterocycles. The van der Waals surface area contributed by atoms with Crippen molar-refractivity contribution < 1.29 is 23.0 Å².